The predicted molar refractivity (Wildman–Crippen MR) is 84.0 cm³/mol. The zero-order valence-electron chi connectivity index (χ0n) is 12.5. The Hall–Kier alpha value is -1.51. The summed E-state index contributed by atoms with van der Waals surface area (Å²) in [6.07, 6.45) is 9.31. The number of para-hydroxylation sites is 1. The zero-order valence-corrected chi connectivity index (χ0v) is 12.5. The van der Waals surface area contributed by atoms with Crippen LogP contribution in [0.1, 0.15) is 50.5 Å². The third kappa shape index (κ3) is 4.87. The number of anilines is 1. The van der Waals surface area contributed by atoms with Crippen molar-refractivity contribution in [2.75, 3.05) is 11.9 Å². The molecule has 0 aliphatic heterocycles. The summed E-state index contributed by atoms with van der Waals surface area (Å²) >= 11 is 0. The molecule has 1 aromatic carbocycles. The van der Waals surface area contributed by atoms with E-state index in [-0.39, 0.29) is 6.03 Å². The van der Waals surface area contributed by atoms with Gasteiger partial charge in [-0.2, -0.15) is 0 Å². The molecule has 3 heteroatoms. The van der Waals surface area contributed by atoms with Gasteiger partial charge in [-0.15, -0.1) is 0 Å². The van der Waals surface area contributed by atoms with Crippen LogP contribution < -0.4 is 10.6 Å². The minimum atomic E-state index is -0.0945. The van der Waals surface area contributed by atoms with Crippen LogP contribution in [-0.4, -0.2) is 12.6 Å². The summed E-state index contributed by atoms with van der Waals surface area (Å²) in [5.41, 5.74) is 1.97. The Balaban J connectivity index is 1.61. The number of aryl methyl sites for hydroxylation is 1. The average molecular weight is 274 g/mol. The van der Waals surface area contributed by atoms with E-state index < -0.39 is 0 Å². The van der Waals surface area contributed by atoms with E-state index >= 15 is 0 Å². The van der Waals surface area contributed by atoms with Gasteiger partial charge in [0.05, 0.1) is 0 Å². The number of nitrogens with one attached hydrogen (secondary N) is 2. The van der Waals surface area contributed by atoms with E-state index in [1.807, 2.05) is 31.2 Å². The molecule has 2 N–H and O–H groups in total. The van der Waals surface area contributed by atoms with Gasteiger partial charge in [0.1, 0.15) is 0 Å². The smallest absolute Gasteiger partial charge is 0.319 e. The lowest BCUT2D eigenvalue weighted by atomic mass is 9.86. The lowest BCUT2D eigenvalue weighted by molar-refractivity contribution is 0.251. The highest BCUT2D eigenvalue weighted by molar-refractivity contribution is 5.89. The average Bonchev–Trinajstić information content (AvgIpc) is 2.47. The van der Waals surface area contributed by atoms with Crippen molar-refractivity contribution in [1.29, 1.82) is 0 Å². The summed E-state index contributed by atoms with van der Waals surface area (Å²) in [5, 5.41) is 5.85. The van der Waals surface area contributed by atoms with Crippen molar-refractivity contribution in [3.63, 3.8) is 0 Å². The minimum Gasteiger partial charge on any atom is -0.338 e. The van der Waals surface area contributed by atoms with Crippen molar-refractivity contribution in [2.24, 2.45) is 5.92 Å². The van der Waals surface area contributed by atoms with E-state index in [0.717, 1.165) is 30.1 Å². The van der Waals surface area contributed by atoms with Crippen LogP contribution in [-0.2, 0) is 0 Å². The predicted octanol–water partition coefficient (Wildman–Crippen LogP) is 4.48. The van der Waals surface area contributed by atoms with E-state index in [9.17, 15) is 4.79 Å². The molecule has 1 aliphatic rings. The molecule has 1 fully saturated rings. The van der Waals surface area contributed by atoms with Crippen molar-refractivity contribution < 1.29 is 4.79 Å². The summed E-state index contributed by atoms with van der Waals surface area (Å²) < 4.78 is 0. The van der Waals surface area contributed by atoms with Crippen LogP contribution in [0.5, 0.6) is 0 Å². The first-order valence-corrected chi connectivity index (χ1v) is 7.86. The van der Waals surface area contributed by atoms with Crippen molar-refractivity contribution in [3.05, 3.63) is 29.8 Å². The lowest BCUT2D eigenvalue weighted by Crippen LogP contribution is -2.30. The Labute approximate surface area is 122 Å². The summed E-state index contributed by atoms with van der Waals surface area (Å²) in [6.45, 7) is 2.77. The SMILES string of the molecule is Cc1ccccc1NC(=O)NCCCC1CCCCC1. The molecular weight excluding hydrogens is 248 g/mol. The molecular formula is C17H26N2O. The number of carbonyl (C=O) groups is 1. The van der Waals surface area contributed by atoms with Crippen LogP contribution in [0.15, 0.2) is 24.3 Å². The van der Waals surface area contributed by atoms with E-state index in [2.05, 4.69) is 10.6 Å². The van der Waals surface area contributed by atoms with E-state index in [4.69, 9.17) is 0 Å². The third-order valence-electron chi connectivity index (χ3n) is 4.19. The molecule has 1 aromatic rings. The Morgan fingerprint density at radius 1 is 1.20 bits per heavy atom. The van der Waals surface area contributed by atoms with Gasteiger partial charge in [0.15, 0.2) is 0 Å². The van der Waals surface area contributed by atoms with Gasteiger partial charge in [-0.1, -0.05) is 50.3 Å². The third-order valence-corrected chi connectivity index (χ3v) is 4.19. The van der Waals surface area contributed by atoms with Crippen molar-refractivity contribution in [3.8, 4) is 0 Å². The highest BCUT2D eigenvalue weighted by Gasteiger charge is 2.12. The molecule has 0 saturated heterocycles. The molecule has 1 saturated carbocycles. The number of rotatable bonds is 5. The monoisotopic (exact) mass is 274 g/mol. The van der Waals surface area contributed by atoms with Gasteiger partial charge in [0, 0.05) is 12.2 Å². The van der Waals surface area contributed by atoms with Gasteiger partial charge < -0.3 is 10.6 Å². The molecule has 0 heterocycles. The van der Waals surface area contributed by atoms with Crippen LogP contribution >= 0.6 is 0 Å². The fourth-order valence-electron chi connectivity index (χ4n) is 2.95. The number of hydrogen-bond acceptors (Lipinski definition) is 1. The first-order chi connectivity index (χ1) is 9.75. The number of benzene rings is 1. The fourth-order valence-corrected chi connectivity index (χ4v) is 2.95. The maximum Gasteiger partial charge on any atom is 0.319 e. The first-order valence-electron chi connectivity index (χ1n) is 7.86. The first kappa shape index (κ1) is 14.9. The van der Waals surface area contributed by atoms with Gasteiger partial charge in [0.2, 0.25) is 0 Å². The van der Waals surface area contributed by atoms with Crippen molar-refractivity contribution in [2.45, 2.75) is 51.9 Å². The number of urea groups is 1. The van der Waals surface area contributed by atoms with E-state index in [1.165, 1.54) is 38.5 Å². The molecule has 0 atom stereocenters. The molecule has 0 unspecified atom stereocenters. The topological polar surface area (TPSA) is 41.1 Å². The molecule has 20 heavy (non-hydrogen) atoms. The van der Waals surface area contributed by atoms with Crippen molar-refractivity contribution in [1.82, 2.24) is 5.32 Å². The largest absolute Gasteiger partial charge is 0.338 e. The van der Waals surface area contributed by atoms with Crippen LogP contribution in [0.2, 0.25) is 0 Å². The second-order valence-corrected chi connectivity index (χ2v) is 5.84. The molecule has 0 radical (unpaired) electrons. The summed E-state index contributed by atoms with van der Waals surface area (Å²) in [5.74, 6) is 0.893. The Morgan fingerprint density at radius 2 is 1.95 bits per heavy atom. The summed E-state index contributed by atoms with van der Waals surface area (Å²) in [6, 6.07) is 7.74. The highest BCUT2D eigenvalue weighted by Crippen LogP contribution is 2.26. The molecule has 1 aliphatic carbocycles. The van der Waals surface area contributed by atoms with E-state index in [0.29, 0.717) is 0 Å². The molecule has 110 valence electrons. The minimum absolute atomic E-state index is 0.0945. The van der Waals surface area contributed by atoms with Gasteiger partial charge in [-0.25, -0.2) is 4.79 Å². The molecule has 2 rings (SSSR count). The number of hydrogen-bond donors (Lipinski definition) is 2. The molecule has 0 spiro atoms. The second kappa shape index (κ2) is 7.93. The van der Waals surface area contributed by atoms with Crippen LogP contribution in [0.25, 0.3) is 0 Å². The normalized spacial score (nSPS) is 15.8. The van der Waals surface area contributed by atoms with Gasteiger partial charge >= 0.3 is 6.03 Å². The van der Waals surface area contributed by atoms with Gasteiger partial charge in [-0.05, 0) is 37.3 Å². The summed E-state index contributed by atoms with van der Waals surface area (Å²) in [7, 11) is 0. The van der Waals surface area contributed by atoms with Crippen LogP contribution in [0, 0.1) is 12.8 Å². The summed E-state index contributed by atoms with van der Waals surface area (Å²) in [4.78, 5) is 11.8. The Kier molecular flexibility index (Phi) is 5.90. The Bertz CT molecular complexity index is 425. The van der Waals surface area contributed by atoms with Gasteiger partial charge in [0.25, 0.3) is 0 Å². The van der Waals surface area contributed by atoms with Crippen LogP contribution in [0.4, 0.5) is 10.5 Å². The zero-order chi connectivity index (χ0) is 14.2. The van der Waals surface area contributed by atoms with Crippen molar-refractivity contribution >= 4 is 11.7 Å². The molecule has 2 amide bonds. The number of amides is 2. The fraction of sp³-hybridized carbons (Fsp3) is 0.588. The standard InChI is InChI=1S/C17H26N2O/c1-14-8-5-6-12-16(14)19-17(20)18-13-7-11-15-9-3-2-4-10-15/h5-6,8,12,15H,2-4,7,9-11,13H2,1H3,(H2,18,19,20). The second-order valence-electron chi connectivity index (χ2n) is 5.84. The maximum atomic E-state index is 11.8. The maximum absolute atomic E-state index is 11.8. The van der Waals surface area contributed by atoms with Crippen LogP contribution in [0.3, 0.4) is 0 Å². The molecule has 0 bridgehead atoms. The van der Waals surface area contributed by atoms with Gasteiger partial charge in [-0.3, -0.25) is 0 Å². The number of carbonyl (C=O) groups excluding carboxylic acids is 1. The Morgan fingerprint density at radius 3 is 2.70 bits per heavy atom. The lowest BCUT2D eigenvalue weighted by Gasteiger charge is -2.21. The van der Waals surface area contributed by atoms with E-state index in [1.54, 1.807) is 0 Å². The molecule has 0 aromatic heterocycles. The highest BCUT2D eigenvalue weighted by atomic mass is 16.2. The molecule has 3 nitrogen and oxygen atoms in total. The quantitative estimate of drug-likeness (QED) is 0.764.